The number of fused-ring (bicyclic) bond motifs is 1. The van der Waals surface area contributed by atoms with E-state index in [4.69, 9.17) is 23.2 Å². The molecular weight excluding hydrogens is 554 g/mol. The van der Waals surface area contributed by atoms with Crippen LogP contribution in [0.2, 0.25) is 10.0 Å². The van der Waals surface area contributed by atoms with Crippen molar-refractivity contribution in [2.24, 2.45) is 5.92 Å². The fraction of sp³-hybridized carbons (Fsp3) is 0.321. The van der Waals surface area contributed by atoms with Crippen LogP contribution in [0, 0.1) is 11.7 Å². The number of nitrogens with zero attached hydrogens (tertiary/aromatic N) is 2. The van der Waals surface area contributed by atoms with E-state index in [1.165, 1.54) is 18.2 Å². The van der Waals surface area contributed by atoms with Crippen LogP contribution in [0.4, 0.5) is 18.9 Å². The molecule has 1 fully saturated rings. The number of nitrogens with one attached hydrogen (secondary N) is 1. The molecule has 1 unspecified atom stereocenters. The highest BCUT2D eigenvalue weighted by atomic mass is 35.5. The van der Waals surface area contributed by atoms with Gasteiger partial charge in [0.1, 0.15) is 11.5 Å². The average molecular weight is 578 g/mol. The second kappa shape index (κ2) is 10.8. The molecule has 6 nitrogen and oxygen atoms in total. The first-order valence-electron chi connectivity index (χ1n) is 12.4. The lowest BCUT2D eigenvalue weighted by Gasteiger charge is -2.32. The zero-order valence-corrected chi connectivity index (χ0v) is 22.0. The van der Waals surface area contributed by atoms with E-state index in [-0.39, 0.29) is 33.1 Å². The Balaban J connectivity index is 1.28. The summed E-state index contributed by atoms with van der Waals surface area (Å²) in [6.07, 6.45) is 0.644. The number of aliphatic hydroxyl groups is 1. The molecule has 2 amide bonds. The fourth-order valence-electron chi connectivity index (χ4n) is 5.43. The minimum atomic E-state index is -2.91. The molecule has 2 N–H and O–H groups in total. The number of carbonyl (C=O) groups is 2. The number of halogens is 5. The van der Waals surface area contributed by atoms with Crippen LogP contribution in [-0.2, 0) is 10.4 Å². The van der Waals surface area contributed by atoms with Crippen LogP contribution in [0.1, 0.15) is 59.3 Å². The van der Waals surface area contributed by atoms with Gasteiger partial charge in [0.2, 0.25) is 0 Å². The highest BCUT2D eigenvalue weighted by Gasteiger charge is 2.51. The maximum atomic E-state index is 13.8. The average Bonchev–Trinajstić information content (AvgIpc) is 3.13. The second-order valence-corrected chi connectivity index (χ2v) is 10.7. The molecule has 1 atom stereocenters. The molecule has 11 heteroatoms. The van der Waals surface area contributed by atoms with Crippen LogP contribution < -0.4 is 10.2 Å². The lowest BCUT2D eigenvalue weighted by molar-refractivity contribution is -0.132. The molecule has 0 saturated heterocycles. The van der Waals surface area contributed by atoms with Gasteiger partial charge in [0.25, 0.3) is 18.2 Å². The van der Waals surface area contributed by atoms with Gasteiger partial charge in [-0.1, -0.05) is 47.5 Å². The molecule has 2 heterocycles. The zero-order chi connectivity index (χ0) is 27.9. The van der Waals surface area contributed by atoms with E-state index in [0.29, 0.717) is 43.5 Å². The summed E-state index contributed by atoms with van der Waals surface area (Å²) >= 11 is 11.8. The van der Waals surface area contributed by atoms with Gasteiger partial charge in [-0.25, -0.2) is 13.2 Å². The third-order valence-electron chi connectivity index (χ3n) is 7.44. The van der Waals surface area contributed by atoms with E-state index in [0.717, 1.165) is 12.3 Å². The Bertz CT molecular complexity index is 1430. The van der Waals surface area contributed by atoms with E-state index in [1.807, 2.05) is 0 Å². The largest absolute Gasteiger partial charge is 0.372 e. The molecule has 39 heavy (non-hydrogen) atoms. The third-order valence-corrected chi connectivity index (χ3v) is 7.93. The molecule has 1 aliphatic carbocycles. The lowest BCUT2D eigenvalue weighted by atomic mass is 9.85. The highest BCUT2D eigenvalue weighted by molar-refractivity contribution is 6.31. The number of hydrogen-bond donors (Lipinski definition) is 2. The smallest absolute Gasteiger partial charge is 0.281 e. The summed E-state index contributed by atoms with van der Waals surface area (Å²) < 4.78 is 40.4. The molecule has 0 bridgehead atoms. The number of amides is 2. The standard InChI is InChI=1S/C28H24Cl2F3N3O3/c29-17-12-19(24(25(32)33)34-13-17)26(37)35-18-8-5-15(6-9-18)14-36-23-4-2-1-3-20(23)28(39,27(36)38)16-7-10-22(31)21(30)11-16/h1-4,7,10-13,15,18,25,39H,5-6,8-9,14H2,(H,35,37)/t15-,18-,28?. The fourth-order valence-corrected chi connectivity index (χ4v) is 5.77. The Morgan fingerprint density at radius 2 is 1.85 bits per heavy atom. The van der Waals surface area contributed by atoms with Crippen LogP contribution in [0.25, 0.3) is 0 Å². The zero-order valence-electron chi connectivity index (χ0n) is 20.5. The van der Waals surface area contributed by atoms with Gasteiger partial charge in [0, 0.05) is 24.3 Å². The predicted molar refractivity (Wildman–Crippen MR) is 141 cm³/mol. The number of rotatable bonds is 6. The van der Waals surface area contributed by atoms with Crippen molar-refractivity contribution in [1.82, 2.24) is 10.3 Å². The van der Waals surface area contributed by atoms with Gasteiger partial charge in [-0.2, -0.15) is 0 Å². The molecule has 1 aromatic heterocycles. The van der Waals surface area contributed by atoms with Gasteiger partial charge < -0.3 is 15.3 Å². The molecule has 5 rings (SSSR count). The Hall–Kier alpha value is -3.14. The predicted octanol–water partition coefficient (Wildman–Crippen LogP) is 6.04. The number of hydrogen-bond acceptors (Lipinski definition) is 4. The van der Waals surface area contributed by atoms with Crippen molar-refractivity contribution in [1.29, 1.82) is 0 Å². The molecular formula is C28H24Cl2F3N3O3. The van der Waals surface area contributed by atoms with Crippen LogP contribution in [0.15, 0.2) is 54.7 Å². The Labute approximate surface area is 232 Å². The van der Waals surface area contributed by atoms with Crippen LogP contribution >= 0.6 is 23.2 Å². The van der Waals surface area contributed by atoms with Crippen molar-refractivity contribution in [3.8, 4) is 0 Å². The van der Waals surface area contributed by atoms with E-state index >= 15 is 0 Å². The number of carbonyl (C=O) groups excluding carboxylic acids is 2. The number of benzene rings is 2. The van der Waals surface area contributed by atoms with Crippen molar-refractivity contribution < 1.29 is 27.9 Å². The molecule has 1 aliphatic heterocycles. The molecule has 2 aliphatic rings. The summed E-state index contributed by atoms with van der Waals surface area (Å²) in [5, 5.41) is 14.3. The first-order valence-corrected chi connectivity index (χ1v) is 13.2. The summed E-state index contributed by atoms with van der Waals surface area (Å²) in [5.74, 6) is -1.79. The number of pyridine rings is 1. The summed E-state index contributed by atoms with van der Waals surface area (Å²) in [7, 11) is 0. The Kier molecular flexibility index (Phi) is 7.59. The van der Waals surface area contributed by atoms with Crippen molar-refractivity contribution in [2.75, 3.05) is 11.4 Å². The van der Waals surface area contributed by atoms with Crippen molar-refractivity contribution in [2.45, 2.75) is 43.8 Å². The summed E-state index contributed by atoms with van der Waals surface area (Å²) in [4.78, 5) is 31.5. The highest BCUT2D eigenvalue weighted by Crippen LogP contribution is 2.45. The van der Waals surface area contributed by atoms with Crippen LogP contribution in [0.5, 0.6) is 0 Å². The maximum Gasteiger partial charge on any atom is 0.281 e. The molecule has 204 valence electrons. The van der Waals surface area contributed by atoms with Crippen LogP contribution in [-0.4, -0.2) is 34.5 Å². The van der Waals surface area contributed by atoms with Crippen molar-refractivity contribution >= 4 is 40.7 Å². The van der Waals surface area contributed by atoms with Gasteiger partial charge in [-0.05, 0) is 61.4 Å². The van der Waals surface area contributed by atoms with E-state index in [9.17, 15) is 27.9 Å². The van der Waals surface area contributed by atoms with Gasteiger partial charge in [0.15, 0.2) is 5.60 Å². The van der Waals surface area contributed by atoms with Gasteiger partial charge >= 0.3 is 0 Å². The Morgan fingerprint density at radius 3 is 2.54 bits per heavy atom. The van der Waals surface area contributed by atoms with Crippen molar-refractivity contribution in [3.63, 3.8) is 0 Å². The summed E-state index contributed by atoms with van der Waals surface area (Å²) in [5.41, 5.74) is -1.74. The normalized spacial score (nSPS) is 22.7. The molecule has 0 spiro atoms. The molecule has 2 aromatic carbocycles. The Morgan fingerprint density at radius 1 is 1.13 bits per heavy atom. The number of anilines is 1. The lowest BCUT2D eigenvalue weighted by Crippen LogP contribution is -2.44. The number of para-hydroxylation sites is 1. The maximum absolute atomic E-state index is 13.8. The van der Waals surface area contributed by atoms with Gasteiger partial charge in [-0.15, -0.1) is 0 Å². The quantitative estimate of drug-likeness (QED) is 0.374. The first-order chi connectivity index (χ1) is 18.6. The minimum Gasteiger partial charge on any atom is -0.372 e. The van der Waals surface area contributed by atoms with Crippen molar-refractivity contribution in [3.05, 3.63) is 93.0 Å². The number of aromatic nitrogens is 1. The van der Waals surface area contributed by atoms with Gasteiger partial charge in [-0.3, -0.25) is 14.6 Å². The van der Waals surface area contributed by atoms with E-state index < -0.39 is 35.4 Å². The van der Waals surface area contributed by atoms with Gasteiger partial charge in [0.05, 0.1) is 21.3 Å². The number of alkyl halides is 2. The van der Waals surface area contributed by atoms with E-state index in [1.54, 1.807) is 29.2 Å². The van der Waals surface area contributed by atoms with Crippen LogP contribution in [0.3, 0.4) is 0 Å². The monoisotopic (exact) mass is 577 g/mol. The second-order valence-electron chi connectivity index (χ2n) is 9.85. The molecule has 3 aromatic rings. The first kappa shape index (κ1) is 27.4. The summed E-state index contributed by atoms with van der Waals surface area (Å²) in [6.45, 7) is 0.335. The topological polar surface area (TPSA) is 82.5 Å². The third kappa shape index (κ3) is 5.11. The summed E-state index contributed by atoms with van der Waals surface area (Å²) in [6, 6.07) is 11.6. The molecule has 0 radical (unpaired) electrons. The SMILES string of the molecule is O=C(N[C@H]1CC[C@H](CN2C(=O)C(O)(c3ccc(F)c(Cl)c3)c3ccccc32)CC1)c1cc(Cl)cnc1C(F)F. The molecule has 1 saturated carbocycles. The van der Waals surface area contributed by atoms with E-state index in [2.05, 4.69) is 10.3 Å². The minimum absolute atomic E-state index is 0.0683.